The van der Waals surface area contributed by atoms with Crippen molar-refractivity contribution < 1.29 is 13.9 Å². The third-order valence-electron chi connectivity index (χ3n) is 3.74. The number of fused-ring (bicyclic) bond motifs is 1. The highest BCUT2D eigenvalue weighted by atomic mass is 32.2. The Hall–Kier alpha value is -2.53. The minimum absolute atomic E-state index is 0.138. The highest BCUT2D eigenvalue weighted by Gasteiger charge is 2.10. The Morgan fingerprint density at radius 2 is 2.08 bits per heavy atom. The van der Waals surface area contributed by atoms with Crippen LogP contribution in [0.3, 0.4) is 0 Å². The summed E-state index contributed by atoms with van der Waals surface area (Å²) in [7, 11) is 1.62. The quantitative estimate of drug-likeness (QED) is 0.406. The van der Waals surface area contributed by atoms with Crippen LogP contribution >= 0.6 is 11.8 Å². The van der Waals surface area contributed by atoms with Gasteiger partial charge in [0.2, 0.25) is 0 Å². The van der Waals surface area contributed by atoms with Crippen LogP contribution in [0.15, 0.2) is 53.6 Å². The first-order valence-electron chi connectivity index (χ1n) is 7.33. The lowest BCUT2D eigenvalue weighted by Gasteiger charge is -2.06. The van der Waals surface area contributed by atoms with Crippen molar-refractivity contribution in [3.8, 4) is 5.75 Å². The Bertz CT molecular complexity index is 930. The second kappa shape index (κ2) is 6.93. The van der Waals surface area contributed by atoms with Gasteiger partial charge in [0.1, 0.15) is 11.6 Å². The van der Waals surface area contributed by atoms with E-state index in [1.165, 1.54) is 18.2 Å². The highest BCUT2D eigenvalue weighted by Crippen LogP contribution is 2.29. The van der Waals surface area contributed by atoms with Gasteiger partial charge >= 0.3 is 0 Å². The average Bonchev–Trinajstić information content (AvgIpc) is 3.02. The van der Waals surface area contributed by atoms with E-state index >= 15 is 0 Å². The molecule has 122 valence electrons. The van der Waals surface area contributed by atoms with Gasteiger partial charge in [-0.15, -0.1) is 11.8 Å². The fraction of sp³-hybridized carbons (Fsp3) is 0.105. The lowest BCUT2D eigenvalue weighted by Crippen LogP contribution is -1.92. The number of halogens is 1. The van der Waals surface area contributed by atoms with Crippen LogP contribution in [-0.2, 0) is 0 Å². The molecule has 0 bridgehead atoms. The number of methoxy groups -OCH3 is 1. The molecule has 1 heterocycles. The molecule has 0 fully saturated rings. The van der Waals surface area contributed by atoms with Crippen molar-refractivity contribution in [1.29, 1.82) is 0 Å². The summed E-state index contributed by atoms with van der Waals surface area (Å²) in [6, 6.07) is 10.1. The van der Waals surface area contributed by atoms with Gasteiger partial charge in [0.05, 0.1) is 7.11 Å². The van der Waals surface area contributed by atoms with Crippen LogP contribution in [0.25, 0.3) is 17.0 Å². The largest absolute Gasteiger partial charge is 0.496 e. The van der Waals surface area contributed by atoms with Crippen molar-refractivity contribution in [2.24, 2.45) is 0 Å². The van der Waals surface area contributed by atoms with Crippen LogP contribution in [-0.4, -0.2) is 24.1 Å². The van der Waals surface area contributed by atoms with Crippen molar-refractivity contribution in [2.45, 2.75) is 4.90 Å². The third-order valence-corrected chi connectivity index (χ3v) is 4.52. The summed E-state index contributed by atoms with van der Waals surface area (Å²) >= 11 is 1.60. The molecule has 5 heteroatoms. The first-order valence-corrected chi connectivity index (χ1v) is 8.56. The molecule has 0 spiro atoms. The molecule has 3 aromatic rings. The van der Waals surface area contributed by atoms with Crippen molar-refractivity contribution in [2.75, 3.05) is 13.4 Å². The number of aromatic amines is 1. The van der Waals surface area contributed by atoms with Gasteiger partial charge in [0.25, 0.3) is 0 Å². The summed E-state index contributed by atoms with van der Waals surface area (Å²) in [5, 5.41) is 0.710. The fourth-order valence-electron chi connectivity index (χ4n) is 2.52. The molecule has 24 heavy (non-hydrogen) atoms. The number of allylic oxidation sites excluding steroid dienone is 1. The molecule has 0 aliphatic heterocycles. The topological polar surface area (TPSA) is 42.1 Å². The summed E-state index contributed by atoms with van der Waals surface area (Å²) in [6.45, 7) is 0. The second-order valence-electron chi connectivity index (χ2n) is 5.20. The zero-order valence-corrected chi connectivity index (χ0v) is 14.1. The minimum Gasteiger partial charge on any atom is -0.496 e. The maximum atomic E-state index is 13.2. The van der Waals surface area contributed by atoms with Gasteiger partial charge in [0.15, 0.2) is 5.78 Å². The molecule has 0 atom stereocenters. The van der Waals surface area contributed by atoms with Gasteiger partial charge in [-0.25, -0.2) is 4.39 Å². The minimum atomic E-state index is -0.333. The number of carbonyl (C=O) groups excluding carboxylic acids is 1. The van der Waals surface area contributed by atoms with E-state index in [2.05, 4.69) is 4.98 Å². The number of benzene rings is 2. The third kappa shape index (κ3) is 3.21. The van der Waals surface area contributed by atoms with Crippen LogP contribution in [0.2, 0.25) is 0 Å². The van der Waals surface area contributed by atoms with Gasteiger partial charge in [-0.05, 0) is 48.2 Å². The number of ketones is 1. The molecule has 0 aliphatic carbocycles. The van der Waals surface area contributed by atoms with Crippen molar-refractivity contribution >= 4 is 34.5 Å². The smallest absolute Gasteiger partial charge is 0.187 e. The van der Waals surface area contributed by atoms with E-state index in [0.717, 1.165) is 16.2 Å². The zero-order valence-electron chi connectivity index (χ0n) is 13.3. The summed E-state index contributed by atoms with van der Waals surface area (Å²) in [6.07, 6.45) is 6.85. The summed E-state index contributed by atoms with van der Waals surface area (Å²) in [4.78, 5) is 16.4. The number of hydrogen-bond acceptors (Lipinski definition) is 3. The summed E-state index contributed by atoms with van der Waals surface area (Å²) in [5.41, 5.74) is 2.01. The van der Waals surface area contributed by atoms with Crippen LogP contribution in [0.1, 0.15) is 15.9 Å². The fourth-order valence-corrected chi connectivity index (χ4v) is 3.07. The molecular formula is C19H16FNO2S. The van der Waals surface area contributed by atoms with E-state index in [1.807, 2.05) is 24.5 Å². The predicted octanol–water partition coefficient (Wildman–Crippen LogP) is 4.93. The number of thioether (sulfide) groups is 1. The van der Waals surface area contributed by atoms with E-state index < -0.39 is 0 Å². The SMILES string of the molecule is COc1cc(C=CC(=O)c2c[nH]c3cc(F)ccc23)ccc1SC. The van der Waals surface area contributed by atoms with Crippen molar-refractivity contribution in [3.05, 3.63) is 65.6 Å². The number of carbonyl (C=O) groups is 1. The predicted molar refractivity (Wildman–Crippen MR) is 96.4 cm³/mol. The van der Waals surface area contributed by atoms with Gasteiger partial charge < -0.3 is 9.72 Å². The molecule has 3 rings (SSSR count). The van der Waals surface area contributed by atoms with E-state index in [-0.39, 0.29) is 11.6 Å². The highest BCUT2D eigenvalue weighted by molar-refractivity contribution is 7.98. The second-order valence-corrected chi connectivity index (χ2v) is 6.05. The Labute approximate surface area is 143 Å². The van der Waals surface area contributed by atoms with Gasteiger partial charge in [-0.3, -0.25) is 4.79 Å². The first-order chi connectivity index (χ1) is 11.6. The van der Waals surface area contributed by atoms with Gasteiger partial charge in [0, 0.05) is 27.6 Å². The van der Waals surface area contributed by atoms with E-state index in [9.17, 15) is 9.18 Å². The Kier molecular flexibility index (Phi) is 4.71. The van der Waals surface area contributed by atoms with Crippen LogP contribution in [0.5, 0.6) is 5.75 Å². The number of nitrogens with one attached hydrogen (secondary N) is 1. The molecule has 3 nitrogen and oxygen atoms in total. The standard InChI is InChI=1S/C19H16FNO2S/c1-23-18-9-12(4-8-19(18)24-2)3-7-17(22)15-11-21-16-10-13(20)5-6-14(15)16/h3-11,21H,1-2H3. The van der Waals surface area contributed by atoms with Crippen LogP contribution in [0.4, 0.5) is 4.39 Å². The Morgan fingerprint density at radius 1 is 1.25 bits per heavy atom. The van der Waals surface area contributed by atoms with Gasteiger partial charge in [-0.2, -0.15) is 0 Å². The normalized spacial score (nSPS) is 11.3. The lowest BCUT2D eigenvalue weighted by atomic mass is 10.1. The first kappa shape index (κ1) is 16.3. The van der Waals surface area contributed by atoms with Crippen LogP contribution < -0.4 is 4.74 Å². The van der Waals surface area contributed by atoms with Crippen molar-refractivity contribution in [1.82, 2.24) is 4.98 Å². The summed E-state index contributed by atoms with van der Waals surface area (Å²) in [5.74, 6) is 0.306. The summed E-state index contributed by atoms with van der Waals surface area (Å²) < 4.78 is 18.6. The monoisotopic (exact) mass is 341 g/mol. The zero-order chi connectivity index (χ0) is 17.1. The Balaban J connectivity index is 1.87. The number of rotatable bonds is 5. The lowest BCUT2D eigenvalue weighted by molar-refractivity contribution is 0.104. The molecule has 0 saturated heterocycles. The molecule has 2 aromatic carbocycles. The molecule has 0 radical (unpaired) electrons. The number of aromatic nitrogens is 1. The van der Waals surface area contributed by atoms with E-state index in [0.29, 0.717) is 16.5 Å². The molecule has 0 unspecified atom stereocenters. The van der Waals surface area contributed by atoms with Gasteiger partial charge in [-0.1, -0.05) is 12.1 Å². The molecule has 0 amide bonds. The maximum Gasteiger partial charge on any atom is 0.187 e. The molecular weight excluding hydrogens is 325 g/mol. The van der Waals surface area contributed by atoms with Crippen LogP contribution in [0, 0.1) is 5.82 Å². The maximum absolute atomic E-state index is 13.2. The number of ether oxygens (including phenoxy) is 1. The average molecular weight is 341 g/mol. The van der Waals surface area contributed by atoms with Crippen molar-refractivity contribution in [3.63, 3.8) is 0 Å². The molecule has 0 saturated carbocycles. The molecule has 0 aliphatic rings. The van der Waals surface area contributed by atoms with E-state index in [4.69, 9.17) is 4.74 Å². The Morgan fingerprint density at radius 3 is 2.83 bits per heavy atom. The number of H-pyrrole nitrogens is 1. The number of hydrogen-bond donors (Lipinski definition) is 1. The molecule has 1 N–H and O–H groups in total. The molecule has 1 aromatic heterocycles. The van der Waals surface area contributed by atoms with E-state index in [1.54, 1.807) is 37.2 Å².